The maximum atomic E-state index is 8.97. The summed E-state index contributed by atoms with van der Waals surface area (Å²) < 4.78 is 6.77. The molecule has 0 N–H and O–H groups in total. The van der Waals surface area contributed by atoms with Crippen LogP contribution in [0.25, 0.3) is 0 Å². The maximum Gasteiger partial charge on any atom is 0.261 e. The van der Waals surface area contributed by atoms with Crippen LogP contribution in [0.5, 0.6) is 0 Å². The number of nitrogens with zero attached hydrogens (tertiary/aromatic N) is 1. The standard InChI is InChI=1S/C21H27NOSi/c1-18(15-16-22)17-23-24(21(2,3)4,19-11-7-5-8-12-19)20-13-9-6-10-14-20/h5-14,18H,15,17H2,1-4H3/t18-/m0/s1. The van der Waals surface area contributed by atoms with Gasteiger partial charge in [0.15, 0.2) is 0 Å². The molecule has 0 aliphatic carbocycles. The topological polar surface area (TPSA) is 33.0 Å². The zero-order valence-corrected chi connectivity index (χ0v) is 16.1. The highest BCUT2D eigenvalue weighted by molar-refractivity contribution is 6.99. The fourth-order valence-electron chi connectivity index (χ4n) is 3.24. The number of benzene rings is 2. The summed E-state index contributed by atoms with van der Waals surface area (Å²) in [6, 6.07) is 23.5. The minimum absolute atomic E-state index is 0.0118. The Morgan fingerprint density at radius 2 is 1.42 bits per heavy atom. The molecule has 0 unspecified atom stereocenters. The summed E-state index contributed by atoms with van der Waals surface area (Å²) in [6.45, 7) is 9.51. The lowest BCUT2D eigenvalue weighted by Crippen LogP contribution is -2.66. The molecule has 2 nitrogen and oxygen atoms in total. The smallest absolute Gasteiger partial charge is 0.261 e. The van der Waals surface area contributed by atoms with E-state index in [9.17, 15) is 0 Å². The summed E-state index contributed by atoms with van der Waals surface area (Å²) in [7, 11) is -2.45. The Balaban J connectivity index is 2.56. The van der Waals surface area contributed by atoms with Gasteiger partial charge < -0.3 is 4.43 Å². The highest BCUT2D eigenvalue weighted by atomic mass is 28.4. The molecule has 0 fully saturated rings. The quantitative estimate of drug-likeness (QED) is 0.743. The first-order valence-corrected chi connectivity index (χ1v) is 10.4. The molecule has 0 saturated heterocycles. The molecule has 0 amide bonds. The SMILES string of the molecule is C[C@@H](CC#N)CO[Si](c1ccccc1)(c1ccccc1)C(C)(C)C. The third kappa shape index (κ3) is 3.77. The second-order valence-electron chi connectivity index (χ2n) is 7.44. The van der Waals surface area contributed by atoms with Crippen molar-refractivity contribution in [3.8, 4) is 6.07 Å². The molecular formula is C21H27NOSi. The van der Waals surface area contributed by atoms with Gasteiger partial charge in [-0.3, -0.25) is 0 Å². The van der Waals surface area contributed by atoms with E-state index in [0.29, 0.717) is 13.0 Å². The lowest BCUT2D eigenvalue weighted by molar-refractivity contribution is 0.247. The maximum absolute atomic E-state index is 8.97. The van der Waals surface area contributed by atoms with Crippen LogP contribution in [-0.2, 0) is 4.43 Å². The van der Waals surface area contributed by atoms with Gasteiger partial charge in [0.05, 0.1) is 6.07 Å². The van der Waals surface area contributed by atoms with E-state index in [1.165, 1.54) is 10.4 Å². The Morgan fingerprint density at radius 3 is 1.79 bits per heavy atom. The number of rotatable bonds is 6. The number of hydrogen-bond donors (Lipinski definition) is 0. The molecule has 2 rings (SSSR count). The van der Waals surface area contributed by atoms with Crippen molar-refractivity contribution in [2.45, 2.75) is 39.2 Å². The van der Waals surface area contributed by atoms with Crippen LogP contribution in [-0.4, -0.2) is 14.9 Å². The summed E-state index contributed by atoms with van der Waals surface area (Å²) in [6.07, 6.45) is 0.526. The monoisotopic (exact) mass is 337 g/mol. The Labute approximate surface area is 147 Å². The van der Waals surface area contributed by atoms with Crippen LogP contribution in [0.15, 0.2) is 60.7 Å². The van der Waals surface area contributed by atoms with Crippen LogP contribution < -0.4 is 10.4 Å². The highest BCUT2D eigenvalue weighted by Crippen LogP contribution is 2.37. The molecule has 2 aromatic rings. The zero-order valence-electron chi connectivity index (χ0n) is 15.1. The molecule has 126 valence electrons. The van der Waals surface area contributed by atoms with E-state index in [0.717, 1.165) is 0 Å². The lowest BCUT2D eigenvalue weighted by atomic mass is 10.1. The van der Waals surface area contributed by atoms with Gasteiger partial charge in [0.25, 0.3) is 8.32 Å². The zero-order chi connectivity index (χ0) is 17.6. The summed E-state index contributed by atoms with van der Waals surface area (Å²) in [4.78, 5) is 0. The third-order valence-electron chi connectivity index (χ3n) is 4.44. The van der Waals surface area contributed by atoms with Gasteiger partial charge in [-0.15, -0.1) is 0 Å². The van der Waals surface area contributed by atoms with E-state index >= 15 is 0 Å². The second-order valence-corrected chi connectivity index (χ2v) is 11.7. The Hall–Kier alpha value is -1.89. The van der Waals surface area contributed by atoms with E-state index in [1.54, 1.807) is 0 Å². The van der Waals surface area contributed by atoms with E-state index in [4.69, 9.17) is 9.69 Å². The average Bonchev–Trinajstić information content (AvgIpc) is 2.56. The van der Waals surface area contributed by atoms with Crippen LogP contribution in [0.3, 0.4) is 0 Å². The van der Waals surface area contributed by atoms with Crippen LogP contribution in [0.2, 0.25) is 5.04 Å². The molecule has 0 saturated carbocycles. The Kier molecular flexibility index (Phi) is 5.98. The van der Waals surface area contributed by atoms with Gasteiger partial charge in [-0.05, 0) is 21.3 Å². The van der Waals surface area contributed by atoms with E-state index in [-0.39, 0.29) is 11.0 Å². The Morgan fingerprint density at radius 1 is 0.958 bits per heavy atom. The van der Waals surface area contributed by atoms with Gasteiger partial charge in [-0.1, -0.05) is 88.4 Å². The van der Waals surface area contributed by atoms with Crippen molar-refractivity contribution < 1.29 is 4.43 Å². The molecule has 24 heavy (non-hydrogen) atoms. The fraction of sp³-hybridized carbons (Fsp3) is 0.381. The first kappa shape index (κ1) is 18.4. The molecule has 0 aliphatic heterocycles. The Bertz CT molecular complexity index is 631. The minimum atomic E-state index is -2.45. The van der Waals surface area contributed by atoms with Crippen LogP contribution >= 0.6 is 0 Å². The van der Waals surface area contributed by atoms with Gasteiger partial charge in [-0.2, -0.15) is 5.26 Å². The number of nitriles is 1. The van der Waals surface area contributed by atoms with E-state index in [2.05, 4.69) is 94.4 Å². The third-order valence-corrected chi connectivity index (χ3v) is 9.45. The normalized spacial score (nSPS) is 13.3. The van der Waals surface area contributed by atoms with Gasteiger partial charge in [0, 0.05) is 13.0 Å². The van der Waals surface area contributed by atoms with Crippen molar-refractivity contribution in [3.05, 3.63) is 60.7 Å². The van der Waals surface area contributed by atoms with Crippen molar-refractivity contribution in [1.82, 2.24) is 0 Å². The molecule has 3 heteroatoms. The molecule has 0 heterocycles. The van der Waals surface area contributed by atoms with E-state index < -0.39 is 8.32 Å². The molecule has 0 aliphatic rings. The van der Waals surface area contributed by atoms with Crippen molar-refractivity contribution in [2.24, 2.45) is 5.92 Å². The fourth-order valence-corrected chi connectivity index (χ4v) is 7.93. The highest BCUT2D eigenvalue weighted by Gasteiger charge is 2.50. The first-order valence-electron chi connectivity index (χ1n) is 8.54. The van der Waals surface area contributed by atoms with Gasteiger partial charge >= 0.3 is 0 Å². The molecule has 0 bridgehead atoms. The summed E-state index contributed by atoms with van der Waals surface area (Å²) in [5, 5.41) is 11.5. The van der Waals surface area contributed by atoms with Crippen LogP contribution in [0.1, 0.15) is 34.1 Å². The van der Waals surface area contributed by atoms with Crippen molar-refractivity contribution >= 4 is 18.7 Å². The summed E-state index contributed by atoms with van der Waals surface area (Å²) >= 11 is 0. The molecule has 0 aromatic heterocycles. The van der Waals surface area contributed by atoms with Crippen molar-refractivity contribution in [1.29, 1.82) is 5.26 Å². The average molecular weight is 338 g/mol. The van der Waals surface area contributed by atoms with Crippen LogP contribution in [0.4, 0.5) is 0 Å². The predicted octanol–water partition coefficient (Wildman–Crippen LogP) is 4.11. The lowest BCUT2D eigenvalue weighted by Gasteiger charge is -2.43. The summed E-state index contributed by atoms with van der Waals surface area (Å²) in [5.74, 6) is 0.233. The molecule has 0 radical (unpaired) electrons. The minimum Gasteiger partial charge on any atom is -0.407 e. The van der Waals surface area contributed by atoms with Crippen molar-refractivity contribution in [2.75, 3.05) is 6.61 Å². The molecular weight excluding hydrogens is 310 g/mol. The number of hydrogen-bond acceptors (Lipinski definition) is 2. The predicted molar refractivity (Wildman–Crippen MR) is 103 cm³/mol. The second kappa shape index (κ2) is 7.79. The molecule has 0 spiro atoms. The molecule has 2 aromatic carbocycles. The van der Waals surface area contributed by atoms with Gasteiger partial charge in [-0.25, -0.2) is 0 Å². The van der Waals surface area contributed by atoms with Gasteiger partial charge in [0.2, 0.25) is 0 Å². The largest absolute Gasteiger partial charge is 0.407 e. The van der Waals surface area contributed by atoms with E-state index in [1.807, 2.05) is 0 Å². The molecule has 1 atom stereocenters. The first-order chi connectivity index (χ1) is 11.4. The summed E-state index contributed by atoms with van der Waals surface area (Å²) in [5.41, 5.74) is 0. The van der Waals surface area contributed by atoms with Gasteiger partial charge in [0.1, 0.15) is 0 Å². The van der Waals surface area contributed by atoms with Crippen LogP contribution in [0, 0.1) is 17.2 Å². The van der Waals surface area contributed by atoms with Crippen molar-refractivity contribution in [3.63, 3.8) is 0 Å².